The first-order valence-corrected chi connectivity index (χ1v) is 7.90. The van der Waals surface area contributed by atoms with Crippen LogP contribution in [0.25, 0.3) is 0 Å². The molecule has 0 bridgehead atoms. The van der Waals surface area contributed by atoms with E-state index in [0.29, 0.717) is 10.5 Å². The highest BCUT2D eigenvalue weighted by atomic mass is 127. The molecule has 0 radical (unpaired) electrons. The van der Waals surface area contributed by atoms with Crippen molar-refractivity contribution in [3.63, 3.8) is 0 Å². The first-order chi connectivity index (χ1) is 8.26. The highest BCUT2D eigenvalue weighted by Crippen LogP contribution is 2.19. The molecule has 0 heterocycles. The molecule has 2 nitrogen and oxygen atoms in total. The molecule has 0 aliphatic rings. The number of alkyl halides is 1. The van der Waals surface area contributed by atoms with Gasteiger partial charge in [-0.1, -0.05) is 74.1 Å². The lowest BCUT2D eigenvalue weighted by atomic mass is 10.1. The number of hydrogen-bond donors (Lipinski definition) is 0. The maximum atomic E-state index is 5.55. The van der Waals surface area contributed by atoms with Crippen LogP contribution in [0, 0.1) is 0 Å². The Morgan fingerprint density at radius 2 is 1.82 bits per heavy atom. The molecule has 0 aromatic rings. The zero-order valence-electron chi connectivity index (χ0n) is 11.3. The Labute approximate surface area is 120 Å². The quantitative estimate of drug-likeness (QED) is 0.166. The Morgan fingerprint density at radius 3 is 2.41 bits per heavy atom. The molecule has 0 aliphatic heterocycles. The fourth-order valence-corrected chi connectivity index (χ4v) is 2.68. The highest BCUT2D eigenvalue weighted by Gasteiger charge is 2.17. The Bertz CT molecular complexity index is 174. The van der Waals surface area contributed by atoms with Crippen LogP contribution in [-0.4, -0.2) is 23.9 Å². The maximum absolute atomic E-state index is 5.55. The van der Waals surface area contributed by atoms with Crippen LogP contribution >= 0.6 is 22.6 Å². The molecule has 0 rings (SSSR count). The second-order valence-electron chi connectivity index (χ2n) is 4.30. The Hall–Kier alpha value is 0.390. The van der Waals surface area contributed by atoms with Gasteiger partial charge in [0.05, 0.1) is 10.5 Å². The summed E-state index contributed by atoms with van der Waals surface area (Å²) in [7, 11) is 1.71. The summed E-state index contributed by atoms with van der Waals surface area (Å²) in [6.07, 6.45) is 10.9. The van der Waals surface area contributed by atoms with Gasteiger partial charge in [-0.2, -0.15) is 0 Å². The molecular weight excluding hydrogens is 327 g/mol. The molecule has 17 heavy (non-hydrogen) atoms. The molecular formula is C14H27IO2. The van der Waals surface area contributed by atoms with Gasteiger partial charge in [-0.3, -0.25) is 0 Å². The summed E-state index contributed by atoms with van der Waals surface area (Å²) >= 11 is 2.43. The molecule has 0 aromatic carbocycles. The number of methoxy groups -OCH3 is 1. The maximum Gasteiger partial charge on any atom is 0.169 e. The Balaban J connectivity index is 3.53. The smallest absolute Gasteiger partial charge is 0.169 e. The summed E-state index contributed by atoms with van der Waals surface area (Å²) in [5.74, 6) is 0. The highest BCUT2D eigenvalue weighted by molar-refractivity contribution is 14.1. The van der Waals surface area contributed by atoms with Crippen LogP contribution in [-0.2, 0) is 9.47 Å². The van der Waals surface area contributed by atoms with Gasteiger partial charge in [0.15, 0.2) is 6.29 Å². The largest absolute Gasteiger partial charge is 0.355 e. The topological polar surface area (TPSA) is 18.5 Å². The Morgan fingerprint density at radius 1 is 1.18 bits per heavy atom. The molecule has 2 atom stereocenters. The summed E-state index contributed by atoms with van der Waals surface area (Å²) in [6, 6.07) is 0. The molecule has 0 aromatic heterocycles. The van der Waals surface area contributed by atoms with Gasteiger partial charge < -0.3 is 9.47 Å². The van der Waals surface area contributed by atoms with Crippen molar-refractivity contribution in [2.45, 2.75) is 62.1 Å². The third kappa shape index (κ3) is 10.0. The van der Waals surface area contributed by atoms with Crippen LogP contribution in [0.15, 0.2) is 12.7 Å². The minimum Gasteiger partial charge on any atom is -0.355 e. The lowest BCUT2D eigenvalue weighted by Crippen LogP contribution is -2.26. The van der Waals surface area contributed by atoms with Crippen LogP contribution < -0.4 is 0 Å². The Kier molecular flexibility index (Phi) is 13.1. The van der Waals surface area contributed by atoms with Crippen LogP contribution in [0.4, 0.5) is 0 Å². The molecule has 0 N–H and O–H groups in total. The summed E-state index contributed by atoms with van der Waals surface area (Å²) in [6.45, 7) is 6.46. The van der Waals surface area contributed by atoms with Crippen LogP contribution in [0.1, 0.15) is 51.9 Å². The van der Waals surface area contributed by atoms with Gasteiger partial charge in [0, 0.05) is 7.11 Å². The zero-order chi connectivity index (χ0) is 12.9. The summed E-state index contributed by atoms with van der Waals surface area (Å²) in [5, 5.41) is 0. The van der Waals surface area contributed by atoms with Crippen molar-refractivity contribution in [3.8, 4) is 0 Å². The van der Waals surface area contributed by atoms with Gasteiger partial charge in [0.25, 0.3) is 0 Å². The van der Waals surface area contributed by atoms with Crippen molar-refractivity contribution in [3.05, 3.63) is 12.7 Å². The van der Waals surface area contributed by atoms with Gasteiger partial charge in [-0.25, -0.2) is 0 Å². The van der Waals surface area contributed by atoms with Gasteiger partial charge in [-0.15, -0.1) is 6.58 Å². The standard InChI is InChI=1S/C14H27IO2/c1-4-6-7-8-9-10-11-13(15)14(16-3)17-12-5-2/h5,13-14H,2,4,6-12H2,1,3H3/t13-,14?/m1/s1. The molecule has 0 saturated carbocycles. The van der Waals surface area contributed by atoms with E-state index >= 15 is 0 Å². The number of hydrogen-bond acceptors (Lipinski definition) is 2. The fourth-order valence-electron chi connectivity index (χ4n) is 1.74. The van der Waals surface area contributed by atoms with Gasteiger partial charge in [-0.05, 0) is 6.42 Å². The predicted octanol–water partition coefficient (Wildman–Crippen LogP) is 4.72. The van der Waals surface area contributed by atoms with Gasteiger partial charge >= 0.3 is 0 Å². The van der Waals surface area contributed by atoms with E-state index in [0.717, 1.165) is 0 Å². The summed E-state index contributed by atoms with van der Waals surface area (Å²) in [4.78, 5) is 0. The number of halogens is 1. The van der Waals surface area contributed by atoms with E-state index < -0.39 is 0 Å². The number of ether oxygens (including phenoxy) is 2. The third-order valence-corrected chi connectivity index (χ3v) is 3.95. The van der Waals surface area contributed by atoms with Crippen molar-refractivity contribution < 1.29 is 9.47 Å². The number of rotatable bonds is 12. The monoisotopic (exact) mass is 354 g/mol. The molecule has 1 unspecified atom stereocenters. The van der Waals surface area contributed by atoms with E-state index in [1.165, 1.54) is 44.9 Å². The zero-order valence-corrected chi connectivity index (χ0v) is 13.4. The van der Waals surface area contributed by atoms with Crippen molar-refractivity contribution >= 4 is 22.6 Å². The van der Waals surface area contributed by atoms with E-state index in [4.69, 9.17) is 9.47 Å². The van der Waals surface area contributed by atoms with Crippen LogP contribution in [0.3, 0.4) is 0 Å². The summed E-state index contributed by atoms with van der Waals surface area (Å²) < 4.78 is 11.3. The van der Waals surface area contributed by atoms with Crippen molar-refractivity contribution in [2.75, 3.05) is 13.7 Å². The van der Waals surface area contributed by atoms with E-state index in [1.807, 2.05) is 0 Å². The van der Waals surface area contributed by atoms with Crippen molar-refractivity contribution in [2.24, 2.45) is 0 Å². The first-order valence-electron chi connectivity index (χ1n) is 6.65. The lowest BCUT2D eigenvalue weighted by molar-refractivity contribution is -0.112. The number of unbranched alkanes of at least 4 members (excludes halogenated alkanes) is 5. The third-order valence-electron chi connectivity index (χ3n) is 2.74. The molecule has 3 heteroatoms. The average Bonchev–Trinajstić information content (AvgIpc) is 2.34. The average molecular weight is 354 g/mol. The summed E-state index contributed by atoms with van der Waals surface area (Å²) in [5.41, 5.74) is 0. The molecule has 0 aliphatic carbocycles. The molecule has 0 saturated heterocycles. The molecule has 0 fully saturated rings. The predicted molar refractivity (Wildman–Crippen MR) is 82.7 cm³/mol. The SMILES string of the molecule is C=CCOC(OC)[C@H](I)CCCCCCCC. The molecule has 0 amide bonds. The van der Waals surface area contributed by atoms with E-state index in [2.05, 4.69) is 36.1 Å². The van der Waals surface area contributed by atoms with Gasteiger partial charge in [0.2, 0.25) is 0 Å². The van der Waals surface area contributed by atoms with Crippen molar-refractivity contribution in [1.29, 1.82) is 0 Å². The fraction of sp³-hybridized carbons (Fsp3) is 0.857. The second kappa shape index (κ2) is 12.8. The van der Waals surface area contributed by atoms with E-state index in [9.17, 15) is 0 Å². The van der Waals surface area contributed by atoms with Crippen LogP contribution in [0.2, 0.25) is 0 Å². The second-order valence-corrected chi connectivity index (χ2v) is 5.90. The first kappa shape index (κ1) is 17.4. The molecule has 0 spiro atoms. The van der Waals surface area contributed by atoms with Crippen LogP contribution in [0.5, 0.6) is 0 Å². The minimum atomic E-state index is -0.0933. The molecule has 102 valence electrons. The van der Waals surface area contributed by atoms with E-state index in [-0.39, 0.29) is 6.29 Å². The minimum absolute atomic E-state index is 0.0933. The van der Waals surface area contributed by atoms with E-state index in [1.54, 1.807) is 13.2 Å². The van der Waals surface area contributed by atoms with Gasteiger partial charge in [0.1, 0.15) is 0 Å². The normalized spacial score (nSPS) is 14.5. The lowest BCUT2D eigenvalue weighted by Gasteiger charge is -2.20. The van der Waals surface area contributed by atoms with Crippen molar-refractivity contribution in [1.82, 2.24) is 0 Å².